The van der Waals surface area contributed by atoms with Crippen LogP contribution in [0.4, 0.5) is 4.79 Å². The minimum Gasteiger partial charge on any atom is -0.382 e. The second-order valence-electron chi connectivity index (χ2n) is 4.82. The summed E-state index contributed by atoms with van der Waals surface area (Å²) in [7, 11) is 1.60. The Bertz CT molecular complexity index is 342. The number of imide groups is 1. The predicted molar refractivity (Wildman–Crippen MR) is 67.8 cm³/mol. The van der Waals surface area contributed by atoms with Gasteiger partial charge >= 0.3 is 6.03 Å². The number of carbonyl (C=O) groups is 2. The summed E-state index contributed by atoms with van der Waals surface area (Å²) in [6.07, 6.45) is 1.30. The second-order valence-corrected chi connectivity index (χ2v) is 4.82. The van der Waals surface area contributed by atoms with Crippen molar-refractivity contribution >= 4 is 11.9 Å². The molecule has 2 heterocycles. The quantitative estimate of drug-likeness (QED) is 0.494. The second kappa shape index (κ2) is 6.31. The van der Waals surface area contributed by atoms with Gasteiger partial charge in [-0.15, -0.1) is 0 Å². The van der Waals surface area contributed by atoms with Crippen molar-refractivity contribution in [3.63, 3.8) is 0 Å². The van der Waals surface area contributed by atoms with Gasteiger partial charge in [-0.1, -0.05) is 0 Å². The molecule has 0 unspecified atom stereocenters. The normalized spacial score (nSPS) is 22.1. The summed E-state index contributed by atoms with van der Waals surface area (Å²) in [4.78, 5) is 25.5. The van der Waals surface area contributed by atoms with Gasteiger partial charge in [-0.25, -0.2) is 4.79 Å². The maximum Gasteiger partial charge on any atom is 0.325 e. The topological polar surface area (TPSA) is 79.9 Å². The summed E-state index contributed by atoms with van der Waals surface area (Å²) < 4.78 is 10.2. The number of methoxy groups -OCH3 is 1. The molecule has 2 fully saturated rings. The summed E-state index contributed by atoms with van der Waals surface area (Å²) in [5.74, 6) is -0.116. The SMILES string of the molecule is COCCOCCN1C(=O)NC2(CCNCC2)C1=O. The number of hydrogen-bond acceptors (Lipinski definition) is 5. The Kier molecular flexibility index (Phi) is 4.73. The molecule has 0 radical (unpaired) electrons. The van der Waals surface area contributed by atoms with Crippen molar-refractivity contribution in [3.8, 4) is 0 Å². The molecule has 2 N–H and O–H groups in total. The summed E-state index contributed by atoms with van der Waals surface area (Å²) in [6, 6.07) is -0.303. The summed E-state index contributed by atoms with van der Waals surface area (Å²) in [5, 5.41) is 6.03. The van der Waals surface area contributed by atoms with Gasteiger partial charge < -0.3 is 20.1 Å². The number of rotatable bonds is 6. The highest BCUT2D eigenvalue weighted by Crippen LogP contribution is 2.26. The van der Waals surface area contributed by atoms with Crippen molar-refractivity contribution in [1.82, 2.24) is 15.5 Å². The van der Waals surface area contributed by atoms with Crippen molar-refractivity contribution in [2.75, 3.05) is 46.6 Å². The number of ether oxygens (including phenoxy) is 2. The number of nitrogens with one attached hydrogen (secondary N) is 2. The third-order valence-electron chi connectivity index (χ3n) is 3.59. The van der Waals surface area contributed by atoms with E-state index in [9.17, 15) is 9.59 Å². The average Bonchev–Trinajstić information content (AvgIpc) is 2.63. The number of hydrogen-bond donors (Lipinski definition) is 2. The average molecular weight is 271 g/mol. The lowest BCUT2D eigenvalue weighted by atomic mass is 9.88. The molecule has 0 aliphatic carbocycles. The van der Waals surface area contributed by atoms with E-state index in [2.05, 4.69) is 10.6 Å². The molecule has 108 valence electrons. The van der Waals surface area contributed by atoms with Crippen LogP contribution >= 0.6 is 0 Å². The first-order valence-electron chi connectivity index (χ1n) is 6.61. The minimum atomic E-state index is -0.686. The van der Waals surface area contributed by atoms with Gasteiger partial charge in [0.1, 0.15) is 5.54 Å². The maximum absolute atomic E-state index is 12.3. The van der Waals surface area contributed by atoms with Crippen LogP contribution in [-0.4, -0.2) is 68.9 Å². The standard InChI is InChI=1S/C12H21N3O4/c1-18-8-9-19-7-6-15-10(16)12(14-11(15)17)2-4-13-5-3-12/h13H,2-9H2,1H3,(H,14,17). The van der Waals surface area contributed by atoms with E-state index < -0.39 is 5.54 Å². The maximum atomic E-state index is 12.3. The van der Waals surface area contributed by atoms with Gasteiger partial charge in [-0.2, -0.15) is 0 Å². The van der Waals surface area contributed by atoms with Gasteiger partial charge in [0.15, 0.2) is 0 Å². The fourth-order valence-electron chi connectivity index (χ4n) is 2.47. The largest absolute Gasteiger partial charge is 0.382 e. The van der Waals surface area contributed by atoms with Gasteiger partial charge in [0.2, 0.25) is 0 Å². The van der Waals surface area contributed by atoms with Crippen LogP contribution in [0.3, 0.4) is 0 Å². The Hall–Kier alpha value is -1.18. The van der Waals surface area contributed by atoms with Crippen molar-refractivity contribution in [2.24, 2.45) is 0 Å². The predicted octanol–water partition coefficient (Wildman–Crippen LogP) is -0.677. The van der Waals surface area contributed by atoms with Crippen LogP contribution in [0.2, 0.25) is 0 Å². The molecule has 1 spiro atoms. The van der Waals surface area contributed by atoms with E-state index in [1.54, 1.807) is 7.11 Å². The van der Waals surface area contributed by atoms with Crippen LogP contribution in [0, 0.1) is 0 Å². The van der Waals surface area contributed by atoms with Crippen molar-refractivity contribution < 1.29 is 19.1 Å². The molecule has 2 rings (SSSR count). The van der Waals surface area contributed by atoms with E-state index in [-0.39, 0.29) is 11.9 Å². The minimum absolute atomic E-state index is 0.116. The fraction of sp³-hybridized carbons (Fsp3) is 0.833. The van der Waals surface area contributed by atoms with E-state index in [1.165, 1.54) is 4.90 Å². The van der Waals surface area contributed by atoms with Gasteiger partial charge in [-0.3, -0.25) is 9.69 Å². The first kappa shape index (κ1) is 14.2. The Morgan fingerprint density at radius 2 is 1.95 bits per heavy atom. The monoisotopic (exact) mass is 271 g/mol. The van der Waals surface area contributed by atoms with E-state index in [0.29, 0.717) is 39.2 Å². The molecule has 19 heavy (non-hydrogen) atoms. The molecule has 0 atom stereocenters. The molecule has 2 aliphatic rings. The lowest BCUT2D eigenvalue weighted by Gasteiger charge is -2.31. The number of carbonyl (C=O) groups excluding carboxylic acids is 2. The highest BCUT2D eigenvalue weighted by molar-refractivity contribution is 6.07. The van der Waals surface area contributed by atoms with Crippen LogP contribution in [0.15, 0.2) is 0 Å². The van der Waals surface area contributed by atoms with Gasteiger partial charge in [0, 0.05) is 7.11 Å². The van der Waals surface area contributed by atoms with Gasteiger partial charge in [0.25, 0.3) is 5.91 Å². The summed E-state index contributed by atoms with van der Waals surface area (Å²) in [5.41, 5.74) is -0.686. The zero-order chi connectivity index (χ0) is 13.7. The molecule has 7 heteroatoms. The number of piperidine rings is 1. The zero-order valence-electron chi connectivity index (χ0n) is 11.2. The van der Waals surface area contributed by atoms with Crippen LogP contribution in [0.5, 0.6) is 0 Å². The van der Waals surface area contributed by atoms with E-state index in [4.69, 9.17) is 9.47 Å². The Labute approximate surface area is 112 Å². The van der Waals surface area contributed by atoms with Crippen molar-refractivity contribution in [2.45, 2.75) is 18.4 Å². The number of urea groups is 1. The fourth-order valence-corrected chi connectivity index (χ4v) is 2.47. The third kappa shape index (κ3) is 3.05. The van der Waals surface area contributed by atoms with E-state index >= 15 is 0 Å². The molecule has 2 saturated heterocycles. The van der Waals surface area contributed by atoms with Crippen LogP contribution in [0.1, 0.15) is 12.8 Å². The van der Waals surface area contributed by atoms with Crippen LogP contribution in [-0.2, 0) is 14.3 Å². The first-order valence-corrected chi connectivity index (χ1v) is 6.61. The lowest BCUT2D eigenvalue weighted by molar-refractivity contribution is -0.132. The van der Waals surface area contributed by atoms with Gasteiger partial charge in [-0.05, 0) is 25.9 Å². The molecule has 0 saturated carbocycles. The number of nitrogens with zero attached hydrogens (tertiary/aromatic N) is 1. The third-order valence-corrected chi connectivity index (χ3v) is 3.59. The highest BCUT2D eigenvalue weighted by Gasteiger charge is 2.51. The van der Waals surface area contributed by atoms with Crippen molar-refractivity contribution in [1.29, 1.82) is 0 Å². The Morgan fingerprint density at radius 3 is 2.63 bits per heavy atom. The van der Waals surface area contributed by atoms with Crippen LogP contribution < -0.4 is 10.6 Å². The lowest BCUT2D eigenvalue weighted by Crippen LogP contribution is -2.54. The molecule has 0 aromatic heterocycles. The first-order chi connectivity index (χ1) is 9.19. The molecular formula is C12H21N3O4. The summed E-state index contributed by atoms with van der Waals surface area (Å²) in [6.45, 7) is 3.12. The molecule has 0 aromatic carbocycles. The smallest absolute Gasteiger partial charge is 0.325 e. The van der Waals surface area contributed by atoms with Crippen molar-refractivity contribution in [3.05, 3.63) is 0 Å². The Morgan fingerprint density at radius 1 is 1.21 bits per heavy atom. The van der Waals surface area contributed by atoms with E-state index in [1.807, 2.05) is 0 Å². The summed E-state index contributed by atoms with van der Waals surface area (Å²) >= 11 is 0. The molecule has 0 aromatic rings. The molecule has 0 bridgehead atoms. The Balaban J connectivity index is 1.84. The van der Waals surface area contributed by atoms with Crippen LogP contribution in [0.25, 0.3) is 0 Å². The zero-order valence-corrected chi connectivity index (χ0v) is 11.2. The number of amides is 3. The molecule has 7 nitrogen and oxygen atoms in total. The van der Waals surface area contributed by atoms with E-state index in [0.717, 1.165) is 13.1 Å². The highest BCUT2D eigenvalue weighted by atomic mass is 16.5. The molecule has 3 amide bonds. The molecular weight excluding hydrogens is 250 g/mol. The van der Waals surface area contributed by atoms with Gasteiger partial charge in [0.05, 0.1) is 26.4 Å². The molecule has 2 aliphatic heterocycles.